The summed E-state index contributed by atoms with van der Waals surface area (Å²) < 4.78 is 24.7. The molecule has 2 heterocycles. The van der Waals surface area contributed by atoms with E-state index in [2.05, 4.69) is 20.8 Å². The fraction of sp³-hybridized carbons (Fsp3) is 0.171. The SMILES string of the molecule is Cc1ccccc1[C@H](CC(=O)O)NC(=O)c1cc(-c2ccc(Cl)cc2)on1.Cc1ccccc1[C@H](CC(=O)O)NC(=O)c1nc(-c2ccccc2F)oc1C. The summed E-state index contributed by atoms with van der Waals surface area (Å²) >= 11 is 5.87. The van der Waals surface area contributed by atoms with Crippen molar-refractivity contribution in [3.05, 3.63) is 153 Å². The van der Waals surface area contributed by atoms with E-state index < -0.39 is 41.7 Å². The van der Waals surface area contributed by atoms with Crippen LogP contribution in [-0.4, -0.2) is 44.1 Å². The number of oxazole rings is 1. The molecule has 0 bridgehead atoms. The fourth-order valence-electron chi connectivity index (χ4n) is 5.73. The van der Waals surface area contributed by atoms with Crippen LogP contribution in [0, 0.1) is 26.6 Å². The van der Waals surface area contributed by atoms with Gasteiger partial charge in [-0.15, -0.1) is 0 Å². The Balaban J connectivity index is 0.000000211. The molecule has 0 fully saturated rings. The number of hydrogen-bond donors (Lipinski definition) is 4. The molecule has 0 radical (unpaired) electrons. The zero-order valence-corrected chi connectivity index (χ0v) is 30.6. The minimum Gasteiger partial charge on any atom is -0.481 e. The number of nitrogens with one attached hydrogen (secondary N) is 2. The zero-order chi connectivity index (χ0) is 39.6. The maximum atomic E-state index is 14.0. The molecule has 0 spiro atoms. The maximum Gasteiger partial charge on any atom is 0.305 e. The highest BCUT2D eigenvalue weighted by atomic mass is 35.5. The van der Waals surface area contributed by atoms with E-state index in [4.69, 9.17) is 20.5 Å². The average Bonchev–Trinajstić information content (AvgIpc) is 3.80. The fourth-order valence-corrected chi connectivity index (χ4v) is 5.86. The molecule has 4 N–H and O–H groups in total. The molecule has 2 amide bonds. The molecule has 0 aliphatic heterocycles. The van der Waals surface area contributed by atoms with Gasteiger partial charge in [-0.05, 0) is 79.4 Å². The number of carboxylic acid groups (broad SMARTS) is 2. The molecule has 12 nitrogen and oxygen atoms in total. The molecular formula is C41H36ClFN4O8. The first-order valence-electron chi connectivity index (χ1n) is 16.9. The summed E-state index contributed by atoms with van der Waals surface area (Å²) in [4.78, 5) is 52.0. The number of aryl methyl sites for hydroxylation is 3. The van der Waals surface area contributed by atoms with Crippen molar-refractivity contribution in [2.45, 2.75) is 45.7 Å². The lowest BCUT2D eigenvalue weighted by molar-refractivity contribution is -0.138. The molecule has 2 atom stereocenters. The molecule has 0 saturated carbocycles. The topological polar surface area (TPSA) is 185 Å². The molecule has 0 unspecified atom stereocenters. The highest BCUT2D eigenvalue weighted by Gasteiger charge is 2.26. The van der Waals surface area contributed by atoms with Gasteiger partial charge < -0.3 is 29.8 Å². The Bertz CT molecular complexity index is 2320. The Labute approximate surface area is 320 Å². The monoisotopic (exact) mass is 766 g/mol. The van der Waals surface area contributed by atoms with Crippen LogP contribution in [-0.2, 0) is 9.59 Å². The Hall–Kier alpha value is -6.60. The van der Waals surface area contributed by atoms with Crippen molar-refractivity contribution in [1.82, 2.24) is 20.8 Å². The number of benzene rings is 4. The first kappa shape index (κ1) is 39.6. The van der Waals surface area contributed by atoms with E-state index in [1.165, 1.54) is 18.2 Å². The Kier molecular flexibility index (Phi) is 12.9. The van der Waals surface area contributed by atoms with Crippen LogP contribution in [0.25, 0.3) is 22.8 Å². The Morgan fingerprint density at radius 2 is 1.27 bits per heavy atom. The Morgan fingerprint density at radius 1 is 0.745 bits per heavy atom. The van der Waals surface area contributed by atoms with E-state index in [-0.39, 0.29) is 41.4 Å². The van der Waals surface area contributed by atoms with Gasteiger partial charge in [0, 0.05) is 16.7 Å². The van der Waals surface area contributed by atoms with E-state index in [0.717, 1.165) is 22.3 Å². The van der Waals surface area contributed by atoms with Crippen LogP contribution in [0.15, 0.2) is 112 Å². The largest absolute Gasteiger partial charge is 0.481 e. The van der Waals surface area contributed by atoms with Crippen molar-refractivity contribution in [2.24, 2.45) is 0 Å². The third-order valence-corrected chi connectivity index (χ3v) is 8.74. The van der Waals surface area contributed by atoms with Crippen molar-refractivity contribution in [1.29, 1.82) is 0 Å². The minimum absolute atomic E-state index is 0.00794. The van der Waals surface area contributed by atoms with Crippen LogP contribution < -0.4 is 10.6 Å². The lowest BCUT2D eigenvalue weighted by Gasteiger charge is -2.19. The van der Waals surface area contributed by atoms with Crippen molar-refractivity contribution < 1.29 is 42.7 Å². The van der Waals surface area contributed by atoms with Crippen LogP contribution in [0.3, 0.4) is 0 Å². The second kappa shape index (κ2) is 18.0. The van der Waals surface area contributed by atoms with Crippen molar-refractivity contribution in [3.8, 4) is 22.8 Å². The van der Waals surface area contributed by atoms with E-state index in [1.807, 2.05) is 38.1 Å². The first-order valence-corrected chi connectivity index (χ1v) is 17.3. The summed E-state index contributed by atoms with van der Waals surface area (Å²) in [6, 6.07) is 27.5. The highest BCUT2D eigenvalue weighted by Crippen LogP contribution is 2.27. The van der Waals surface area contributed by atoms with Gasteiger partial charge >= 0.3 is 11.9 Å². The molecule has 4 aromatic carbocycles. The number of hydrogen-bond acceptors (Lipinski definition) is 8. The highest BCUT2D eigenvalue weighted by molar-refractivity contribution is 6.30. The summed E-state index contributed by atoms with van der Waals surface area (Å²) in [5.41, 5.74) is 4.14. The average molecular weight is 767 g/mol. The molecule has 6 rings (SSSR count). The van der Waals surface area contributed by atoms with Gasteiger partial charge in [0.2, 0.25) is 5.89 Å². The minimum atomic E-state index is -1.04. The predicted molar refractivity (Wildman–Crippen MR) is 201 cm³/mol. The van der Waals surface area contributed by atoms with Gasteiger partial charge in [-0.3, -0.25) is 19.2 Å². The van der Waals surface area contributed by atoms with Gasteiger partial charge in [0.15, 0.2) is 17.1 Å². The molecule has 14 heteroatoms. The van der Waals surface area contributed by atoms with E-state index in [0.29, 0.717) is 16.3 Å². The van der Waals surface area contributed by atoms with Gasteiger partial charge in [-0.2, -0.15) is 0 Å². The number of carbonyl (C=O) groups is 4. The molecule has 2 aromatic heterocycles. The van der Waals surface area contributed by atoms with Gasteiger partial charge in [-0.25, -0.2) is 9.37 Å². The molecule has 0 aliphatic rings. The summed E-state index contributed by atoms with van der Waals surface area (Å²) in [5, 5.41) is 28.3. The van der Waals surface area contributed by atoms with Gasteiger partial charge in [0.1, 0.15) is 11.6 Å². The van der Waals surface area contributed by atoms with Crippen LogP contribution in [0.1, 0.15) is 73.9 Å². The molecular weight excluding hydrogens is 731 g/mol. The van der Waals surface area contributed by atoms with Crippen molar-refractivity contribution in [3.63, 3.8) is 0 Å². The summed E-state index contributed by atoms with van der Waals surface area (Å²) in [5.74, 6) is -3.03. The quantitative estimate of drug-likeness (QED) is 0.0945. The molecule has 0 aliphatic carbocycles. The Morgan fingerprint density at radius 3 is 1.82 bits per heavy atom. The molecule has 6 aromatic rings. The maximum absolute atomic E-state index is 14.0. The number of carboxylic acids is 2. The lowest BCUT2D eigenvalue weighted by atomic mass is 9.98. The van der Waals surface area contributed by atoms with Crippen LogP contribution in [0.5, 0.6) is 0 Å². The van der Waals surface area contributed by atoms with Crippen molar-refractivity contribution in [2.75, 3.05) is 0 Å². The number of aliphatic carboxylic acids is 2. The smallest absolute Gasteiger partial charge is 0.305 e. The number of nitrogens with zero attached hydrogens (tertiary/aromatic N) is 2. The van der Waals surface area contributed by atoms with E-state index in [9.17, 15) is 33.8 Å². The summed E-state index contributed by atoms with van der Waals surface area (Å²) in [6.45, 7) is 5.26. The molecule has 282 valence electrons. The number of rotatable bonds is 12. The van der Waals surface area contributed by atoms with Crippen LogP contribution >= 0.6 is 11.6 Å². The summed E-state index contributed by atoms with van der Waals surface area (Å²) in [7, 11) is 0. The molecule has 0 saturated heterocycles. The first-order chi connectivity index (χ1) is 26.3. The standard InChI is InChI=1S/C21H19FN2O4.C20H17ClN2O4/c1-12-7-3-4-8-14(12)17(11-18(25)26)23-20(27)19-13(2)28-21(24-19)15-9-5-6-10-16(15)22;1-12-4-2-3-5-15(12)16(11-19(24)25)22-20(26)17-10-18(27-23-17)13-6-8-14(21)9-7-13/h3-10,17H,11H2,1-2H3,(H,23,27)(H,25,26);2-10,16H,11H2,1H3,(H,22,26)(H,24,25)/t17-;16-/m00/s1. The number of carbonyl (C=O) groups excluding carboxylic acids is 2. The van der Waals surface area contributed by atoms with E-state index >= 15 is 0 Å². The number of amides is 2. The van der Waals surface area contributed by atoms with Gasteiger partial charge in [-0.1, -0.05) is 77.4 Å². The normalized spacial score (nSPS) is 11.8. The molecule has 55 heavy (non-hydrogen) atoms. The van der Waals surface area contributed by atoms with E-state index in [1.54, 1.807) is 67.6 Å². The lowest BCUT2D eigenvalue weighted by Crippen LogP contribution is -2.31. The third-order valence-electron chi connectivity index (χ3n) is 8.48. The third kappa shape index (κ3) is 10.3. The van der Waals surface area contributed by atoms with Gasteiger partial charge in [0.25, 0.3) is 11.8 Å². The van der Waals surface area contributed by atoms with Crippen LogP contribution in [0.4, 0.5) is 4.39 Å². The zero-order valence-electron chi connectivity index (χ0n) is 29.9. The van der Waals surface area contributed by atoms with Gasteiger partial charge in [0.05, 0.1) is 30.5 Å². The second-order valence-electron chi connectivity index (χ2n) is 12.4. The second-order valence-corrected chi connectivity index (χ2v) is 12.9. The predicted octanol–water partition coefficient (Wildman–Crippen LogP) is 8.29. The van der Waals surface area contributed by atoms with Crippen LogP contribution in [0.2, 0.25) is 5.02 Å². The number of aromatic nitrogens is 2. The summed E-state index contributed by atoms with van der Waals surface area (Å²) in [6.07, 6.45) is -0.522. The number of halogens is 2. The van der Waals surface area contributed by atoms with Crippen molar-refractivity contribution >= 4 is 35.4 Å².